The van der Waals surface area contributed by atoms with Crippen LogP contribution in [0.5, 0.6) is 34.5 Å². The van der Waals surface area contributed by atoms with Crippen molar-refractivity contribution in [1.82, 2.24) is 0 Å². The predicted octanol–water partition coefficient (Wildman–Crippen LogP) is 5.65. The van der Waals surface area contributed by atoms with Crippen molar-refractivity contribution in [2.45, 2.75) is 27.7 Å². The Kier molecular flexibility index (Phi) is 7.63. The van der Waals surface area contributed by atoms with E-state index in [1.807, 2.05) is 26.0 Å². The van der Waals surface area contributed by atoms with Gasteiger partial charge < -0.3 is 29.2 Å². The van der Waals surface area contributed by atoms with Gasteiger partial charge in [0.2, 0.25) is 0 Å². The molecule has 8 nitrogen and oxygen atoms in total. The molecular weight excluding hydrogens is 440 g/mol. The van der Waals surface area contributed by atoms with Crippen molar-refractivity contribution < 1.29 is 38.7 Å². The van der Waals surface area contributed by atoms with E-state index in [1.165, 1.54) is 0 Å². The Morgan fingerprint density at radius 3 is 1.41 bits per heavy atom. The fraction of sp³-hybridized carbons (Fsp3) is 0.231. The van der Waals surface area contributed by atoms with E-state index in [-0.39, 0.29) is 24.7 Å². The number of rotatable bonds is 8. The van der Waals surface area contributed by atoms with E-state index in [0.717, 1.165) is 11.1 Å². The van der Waals surface area contributed by atoms with Gasteiger partial charge in [0.15, 0.2) is 34.1 Å². The van der Waals surface area contributed by atoms with E-state index in [0.29, 0.717) is 0 Å². The molecular formula is C26H26O8. The van der Waals surface area contributed by atoms with Gasteiger partial charge in [-0.05, 0) is 63.1 Å². The molecule has 34 heavy (non-hydrogen) atoms. The molecule has 3 rings (SSSR count). The molecule has 0 aromatic heterocycles. The molecule has 0 saturated carbocycles. The van der Waals surface area contributed by atoms with Crippen LogP contribution in [0.4, 0.5) is 0 Å². The summed E-state index contributed by atoms with van der Waals surface area (Å²) in [6.07, 6.45) is 0. The smallest absolute Gasteiger partial charge is 0.346 e. The molecule has 0 amide bonds. The number of phenolic OH excluding ortho intramolecular Hbond substituents is 2. The molecule has 0 radical (unpaired) electrons. The van der Waals surface area contributed by atoms with Crippen molar-refractivity contribution in [2.75, 3.05) is 13.2 Å². The highest BCUT2D eigenvalue weighted by molar-refractivity contribution is 6.05. The average molecular weight is 466 g/mol. The normalized spacial score (nSPS) is 10.5. The maximum atomic E-state index is 12.8. The van der Waals surface area contributed by atoms with Crippen LogP contribution in [0.2, 0.25) is 0 Å². The standard InChI is InChI=1S/C26H26O8/c1-5-31-25(29)19-21(27)24(34-18-12-8-10-16(4)14-18)20(26(30)32-6-2)22(28)23(19)33-17-11-7-9-15(3)13-17/h7-14,27-28H,5-6H2,1-4H3. The Labute approximate surface area is 197 Å². The van der Waals surface area contributed by atoms with E-state index in [9.17, 15) is 19.8 Å². The number of carbonyl (C=O) groups is 2. The summed E-state index contributed by atoms with van der Waals surface area (Å²) in [6.45, 7) is 6.84. The summed E-state index contributed by atoms with van der Waals surface area (Å²) in [4.78, 5) is 25.6. The highest BCUT2D eigenvalue weighted by atomic mass is 16.5. The molecule has 178 valence electrons. The summed E-state index contributed by atoms with van der Waals surface area (Å²) in [5, 5.41) is 22.3. The molecule has 0 fully saturated rings. The third-order valence-electron chi connectivity index (χ3n) is 4.74. The van der Waals surface area contributed by atoms with E-state index in [2.05, 4.69) is 0 Å². The molecule has 0 bridgehead atoms. The lowest BCUT2D eigenvalue weighted by molar-refractivity contribution is 0.0498. The molecule has 0 saturated heterocycles. The molecule has 2 N–H and O–H groups in total. The fourth-order valence-electron chi connectivity index (χ4n) is 3.26. The van der Waals surface area contributed by atoms with E-state index >= 15 is 0 Å². The average Bonchev–Trinajstić information content (AvgIpc) is 2.77. The Hall–Kier alpha value is -4.20. The molecule has 0 aliphatic heterocycles. The van der Waals surface area contributed by atoms with Crippen LogP contribution < -0.4 is 9.47 Å². The van der Waals surface area contributed by atoms with Crippen molar-refractivity contribution in [2.24, 2.45) is 0 Å². The minimum Gasteiger partial charge on any atom is -0.504 e. The summed E-state index contributed by atoms with van der Waals surface area (Å²) in [6, 6.07) is 13.6. The third kappa shape index (κ3) is 5.23. The minimum absolute atomic E-state index is 0.00335. The molecule has 0 unspecified atom stereocenters. The molecule has 0 atom stereocenters. The highest BCUT2D eigenvalue weighted by Gasteiger charge is 2.35. The van der Waals surface area contributed by atoms with E-state index in [1.54, 1.807) is 50.2 Å². The second kappa shape index (κ2) is 10.6. The molecule has 8 heteroatoms. The van der Waals surface area contributed by atoms with Gasteiger partial charge in [0.1, 0.15) is 11.5 Å². The van der Waals surface area contributed by atoms with Gasteiger partial charge in [-0.3, -0.25) is 0 Å². The summed E-state index contributed by atoms with van der Waals surface area (Å²) in [7, 11) is 0. The van der Waals surface area contributed by atoms with Gasteiger partial charge in [-0.2, -0.15) is 0 Å². The van der Waals surface area contributed by atoms with Crippen LogP contribution in [-0.4, -0.2) is 35.4 Å². The van der Waals surface area contributed by atoms with Gasteiger partial charge in [0, 0.05) is 0 Å². The zero-order chi connectivity index (χ0) is 24.8. The van der Waals surface area contributed by atoms with Gasteiger partial charge in [-0.1, -0.05) is 24.3 Å². The van der Waals surface area contributed by atoms with Crippen molar-refractivity contribution >= 4 is 11.9 Å². The SMILES string of the molecule is CCOC(=O)c1c(O)c(Oc2cccc(C)c2)c(C(=O)OCC)c(O)c1Oc1cccc(C)c1. The number of hydrogen-bond acceptors (Lipinski definition) is 8. The van der Waals surface area contributed by atoms with Gasteiger partial charge in [0.05, 0.1) is 13.2 Å². The van der Waals surface area contributed by atoms with Crippen LogP contribution >= 0.6 is 0 Å². The summed E-state index contributed by atoms with van der Waals surface area (Å²) < 4.78 is 21.7. The lowest BCUT2D eigenvalue weighted by Crippen LogP contribution is -2.13. The zero-order valence-corrected chi connectivity index (χ0v) is 19.4. The number of aryl methyl sites for hydroxylation is 2. The maximum absolute atomic E-state index is 12.8. The third-order valence-corrected chi connectivity index (χ3v) is 4.74. The van der Waals surface area contributed by atoms with Crippen LogP contribution in [-0.2, 0) is 9.47 Å². The summed E-state index contributed by atoms with van der Waals surface area (Å²) in [5.74, 6) is -3.79. The summed E-state index contributed by atoms with van der Waals surface area (Å²) >= 11 is 0. The number of phenols is 2. The molecule has 0 heterocycles. The summed E-state index contributed by atoms with van der Waals surface area (Å²) in [5.41, 5.74) is 0.723. The lowest BCUT2D eigenvalue weighted by atomic mass is 10.0. The molecule has 3 aromatic carbocycles. The first kappa shape index (κ1) is 24.4. The number of carbonyl (C=O) groups excluding carboxylic acids is 2. The number of aromatic hydroxyl groups is 2. The highest BCUT2D eigenvalue weighted by Crippen LogP contribution is 2.50. The second-order valence-corrected chi connectivity index (χ2v) is 7.38. The van der Waals surface area contributed by atoms with Crippen LogP contribution in [0.3, 0.4) is 0 Å². The van der Waals surface area contributed by atoms with Gasteiger partial charge in [0.25, 0.3) is 0 Å². The van der Waals surface area contributed by atoms with Crippen LogP contribution in [0.15, 0.2) is 48.5 Å². The molecule has 0 spiro atoms. The first-order chi connectivity index (χ1) is 16.3. The lowest BCUT2D eigenvalue weighted by Gasteiger charge is -2.20. The van der Waals surface area contributed by atoms with Gasteiger partial charge in [-0.15, -0.1) is 0 Å². The van der Waals surface area contributed by atoms with E-state index < -0.39 is 46.1 Å². The van der Waals surface area contributed by atoms with E-state index in [4.69, 9.17) is 18.9 Å². The maximum Gasteiger partial charge on any atom is 0.346 e. The Bertz CT molecular complexity index is 1120. The van der Waals surface area contributed by atoms with Crippen molar-refractivity contribution in [1.29, 1.82) is 0 Å². The number of esters is 2. The Morgan fingerprint density at radius 1 is 0.706 bits per heavy atom. The van der Waals surface area contributed by atoms with Crippen molar-refractivity contribution in [3.8, 4) is 34.5 Å². The van der Waals surface area contributed by atoms with Gasteiger partial charge >= 0.3 is 11.9 Å². The fourth-order valence-corrected chi connectivity index (χ4v) is 3.26. The zero-order valence-electron chi connectivity index (χ0n) is 19.4. The Morgan fingerprint density at radius 2 is 1.09 bits per heavy atom. The first-order valence-corrected chi connectivity index (χ1v) is 10.7. The van der Waals surface area contributed by atoms with Crippen LogP contribution in [0.1, 0.15) is 45.7 Å². The second-order valence-electron chi connectivity index (χ2n) is 7.38. The van der Waals surface area contributed by atoms with Crippen molar-refractivity contribution in [3.05, 3.63) is 70.8 Å². The van der Waals surface area contributed by atoms with Crippen molar-refractivity contribution in [3.63, 3.8) is 0 Å². The Balaban J connectivity index is 2.29. The van der Waals surface area contributed by atoms with Crippen LogP contribution in [0.25, 0.3) is 0 Å². The minimum atomic E-state index is -0.970. The molecule has 0 aliphatic rings. The molecule has 0 aliphatic carbocycles. The van der Waals surface area contributed by atoms with Crippen LogP contribution in [0, 0.1) is 13.8 Å². The van der Waals surface area contributed by atoms with Gasteiger partial charge in [-0.25, -0.2) is 9.59 Å². The largest absolute Gasteiger partial charge is 0.504 e. The first-order valence-electron chi connectivity index (χ1n) is 10.7. The number of hydrogen-bond donors (Lipinski definition) is 2. The predicted molar refractivity (Wildman–Crippen MR) is 124 cm³/mol. The topological polar surface area (TPSA) is 112 Å². The number of ether oxygens (including phenoxy) is 4. The number of benzene rings is 3. The quantitative estimate of drug-likeness (QED) is 0.323. The monoisotopic (exact) mass is 466 g/mol. The molecule has 3 aromatic rings.